The molecule has 0 radical (unpaired) electrons. The van der Waals surface area contributed by atoms with Gasteiger partial charge in [0.05, 0.1) is 17.3 Å². The molecule has 18 heavy (non-hydrogen) atoms. The second-order valence-corrected chi connectivity index (χ2v) is 6.52. The summed E-state index contributed by atoms with van der Waals surface area (Å²) in [5, 5.41) is 10.6. The number of ether oxygens (including phenoxy) is 1. The van der Waals surface area contributed by atoms with Gasteiger partial charge in [-0.15, -0.1) is 0 Å². The number of nitrogens with zero attached hydrogens (tertiary/aromatic N) is 1. The third kappa shape index (κ3) is 2.57. The van der Waals surface area contributed by atoms with Crippen LogP contribution in [0.5, 0.6) is 0 Å². The Balaban J connectivity index is 2.26. The number of aromatic nitrogens is 1. The van der Waals surface area contributed by atoms with Gasteiger partial charge in [0, 0.05) is 18.3 Å². The quantitative estimate of drug-likeness (QED) is 0.876. The average molecular weight is 249 g/mol. The van der Waals surface area contributed by atoms with Gasteiger partial charge in [-0.3, -0.25) is 4.98 Å². The van der Waals surface area contributed by atoms with Crippen molar-refractivity contribution in [2.75, 3.05) is 0 Å². The number of aliphatic hydroxyl groups is 1. The lowest BCUT2D eigenvalue weighted by atomic mass is 9.81. The van der Waals surface area contributed by atoms with Crippen molar-refractivity contribution < 1.29 is 9.84 Å². The predicted molar refractivity (Wildman–Crippen MR) is 71.3 cm³/mol. The van der Waals surface area contributed by atoms with E-state index in [1.54, 1.807) is 12.4 Å². The number of aryl methyl sites for hydroxylation is 1. The summed E-state index contributed by atoms with van der Waals surface area (Å²) >= 11 is 0. The number of aliphatic hydroxyl groups excluding tert-OH is 1. The zero-order valence-electron chi connectivity index (χ0n) is 11.9. The van der Waals surface area contributed by atoms with E-state index in [1.807, 2.05) is 13.0 Å². The first kappa shape index (κ1) is 13.5. The molecule has 2 rings (SSSR count). The van der Waals surface area contributed by atoms with Crippen LogP contribution in [0.4, 0.5) is 0 Å². The van der Waals surface area contributed by atoms with Crippen molar-refractivity contribution in [1.82, 2.24) is 4.98 Å². The third-order valence-corrected chi connectivity index (χ3v) is 3.76. The molecule has 0 amide bonds. The molecule has 0 aliphatic carbocycles. The van der Waals surface area contributed by atoms with E-state index in [4.69, 9.17) is 4.74 Å². The average Bonchev–Trinajstić information content (AvgIpc) is 2.45. The predicted octanol–water partition coefficient (Wildman–Crippen LogP) is 3.02. The van der Waals surface area contributed by atoms with Crippen LogP contribution in [0.2, 0.25) is 0 Å². The Labute approximate surface area is 109 Å². The summed E-state index contributed by atoms with van der Waals surface area (Å²) in [5.41, 5.74) is 1.47. The number of hydrogen-bond donors (Lipinski definition) is 1. The van der Waals surface area contributed by atoms with Crippen LogP contribution < -0.4 is 0 Å². The summed E-state index contributed by atoms with van der Waals surface area (Å²) in [7, 11) is 0. The standard InChI is InChI=1S/C15H23NO2/c1-10-6-11(9-16-8-10)13(17)12-7-14(2,3)18-15(12,4)5/h6,8-9,12-13,17H,7H2,1-5H3. The van der Waals surface area contributed by atoms with Crippen molar-refractivity contribution in [3.8, 4) is 0 Å². The molecular weight excluding hydrogens is 226 g/mol. The van der Waals surface area contributed by atoms with E-state index in [2.05, 4.69) is 32.7 Å². The summed E-state index contributed by atoms with van der Waals surface area (Å²) < 4.78 is 6.04. The molecule has 2 unspecified atom stereocenters. The van der Waals surface area contributed by atoms with Crippen LogP contribution in [0.15, 0.2) is 18.5 Å². The molecule has 2 heterocycles. The molecule has 1 aliphatic rings. The minimum absolute atomic E-state index is 0.0936. The molecular formula is C15H23NO2. The molecule has 0 saturated carbocycles. The number of pyridine rings is 1. The largest absolute Gasteiger partial charge is 0.388 e. The third-order valence-electron chi connectivity index (χ3n) is 3.76. The number of rotatable bonds is 2. The molecule has 2 atom stereocenters. The fraction of sp³-hybridized carbons (Fsp3) is 0.667. The molecule has 1 N–H and O–H groups in total. The Bertz CT molecular complexity index is 440. The smallest absolute Gasteiger partial charge is 0.0861 e. The normalized spacial score (nSPS) is 27.1. The SMILES string of the molecule is Cc1cncc(C(O)C2CC(C)(C)OC2(C)C)c1. The molecule has 0 aromatic carbocycles. The number of hydrogen-bond acceptors (Lipinski definition) is 3. The van der Waals surface area contributed by atoms with Gasteiger partial charge in [0.1, 0.15) is 0 Å². The first-order valence-corrected chi connectivity index (χ1v) is 6.51. The second kappa shape index (κ2) is 4.32. The van der Waals surface area contributed by atoms with E-state index < -0.39 is 6.10 Å². The van der Waals surface area contributed by atoms with Gasteiger partial charge in [-0.25, -0.2) is 0 Å². The van der Waals surface area contributed by atoms with E-state index in [1.165, 1.54) is 0 Å². The summed E-state index contributed by atoms with van der Waals surface area (Å²) in [5.74, 6) is 0.0936. The highest BCUT2D eigenvalue weighted by molar-refractivity contribution is 5.21. The van der Waals surface area contributed by atoms with E-state index in [-0.39, 0.29) is 17.1 Å². The molecule has 1 aliphatic heterocycles. The Morgan fingerprint density at radius 3 is 2.50 bits per heavy atom. The van der Waals surface area contributed by atoms with E-state index in [0.717, 1.165) is 17.5 Å². The molecule has 0 bridgehead atoms. The zero-order valence-corrected chi connectivity index (χ0v) is 11.9. The van der Waals surface area contributed by atoms with Gasteiger partial charge in [-0.05, 0) is 52.2 Å². The van der Waals surface area contributed by atoms with Crippen LogP contribution in [-0.2, 0) is 4.74 Å². The zero-order chi connectivity index (χ0) is 13.6. The Kier molecular flexibility index (Phi) is 3.24. The molecule has 1 fully saturated rings. The maximum atomic E-state index is 10.6. The molecule has 3 heteroatoms. The maximum Gasteiger partial charge on any atom is 0.0861 e. The highest BCUT2D eigenvalue weighted by Crippen LogP contribution is 2.47. The van der Waals surface area contributed by atoms with E-state index in [9.17, 15) is 5.11 Å². The van der Waals surface area contributed by atoms with Crippen molar-refractivity contribution in [3.63, 3.8) is 0 Å². The minimum atomic E-state index is -0.519. The first-order valence-electron chi connectivity index (χ1n) is 6.51. The topological polar surface area (TPSA) is 42.4 Å². The highest BCUT2D eigenvalue weighted by Gasteiger charge is 2.49. The van der Waals surface area contributed by atoms with Crippen LogP contribution in [0.1, 0.15) is 51.3 Å². The van der Waals surface area contributed by atoms with Gasteiger partial charge in [0.25, 0.3) is 0 Å². The van der Waals surface area contributed by atoms with Gasteiger partial charge >= 0.3 is 0 Å². The van der Waals surface area contributed by atoms with E-state index >= 15 is 0 Å². The minimum Gasteiger partial charge on any atom is -0.388 e. The molecule has 3 nitrogen and oxygen atoms in total. The van der Waals surface area contributed by atoms with Gasteiger partial charge in [0.15, 0.2) is 0 Å². The first-order chi connectivity index (χ1) is 8.21. The second-order valence-electron chi connectivity index (χ2n) is 6.52. The van der Waals surface area contributed by atoms with Crippen molar-refractivity contribution in [2.24, 2.45) is 5.92 Å². The molecule has 100 valence electrons. The molecule has 1 saturated heterocycles. The highest BCUT2D eigenvalue weighted by atomic mass is 16.5. The van der Waals surface area contributed by atoms with Crippen molar-refractivity contribution in [1.29, 1.82) is 0 Å². The summed E-state index contributed by atoms with van der Waals surface area (Å²) in [6, 6.07) is 2.00. The van der Waals surface area contributed by atoms with Gasteiger partial charge in [-0.2, -0.15) is 0 Å². The Morgan fingerprint density at radius 2 is 2.00 bits per heavy atom. The Morgan fingerprint density at radius 1 is 1.33 bits per heavy atom. The fourth-order valence-electron chi connectivity index (χ4n) is 3.07. The lowest BCUT2D eigenvalue weighted by molar-refractivity contribution is -0.0880. The van der Waals surface area contributed by atoms with Crippen LogP contribution in [-0.4, -0.2) is 21.3 Å². The summed E-state index contributed by atoms with van der Waals surface area (Å²) in [4.78, 5) is 4.16. The lowest BCUT2D eigenvalue weighted by Crippen LogP contribution is -2.32. The van der Waals surface area contributed by atoms with Crippen molar-refractivity contribution >= 4 is 0 Å². The van der Waals surface area contributed by atoms with Crippen molar-refractivity contribution in [3.05, 3.63) is 29.6 Å². The van der Waals surface area contributed by atoms with Gasteiger partial charge in [0.2, 0.25) is 0 Å². The van der Waals surface area contributed by atoms with Crippen LogP contribution in [0.25, 0.3) is 0 Å². The fourth-order valence-corrected chi connectivity index (χ4v) is 3.07. The van der Waals surface area contributed by atoms with Crippen LogP contribution in [0, 0.1) is 12.8 Å². The van der Waals surface area contributed by atoms with Gasteiger partial charge in [-0.1, -0.05) is 6.07 Å². The van der Waals surface area contributed by atoms with Crippen molar-refractivity contribution in [2.45, 2.75) is 58.3 Å². The van der Waals surface area contributed by atoms with E-state index in [0.29, 0.717) is 0 Å². The van der Waals surface area contributed by atoms with Crippen LogP contribution in [0.3, 0.4) is 0 Å². The van der Waals surface area contributed by atoms with Gasteiger partial charge < -0.3 is 9.84 Å². The molecule has 1 aromatic heterocycles. The lowest BCUT2D eigenvalue weighted by Gasteiger charge is -2.30. The summed E-state index contributed by atoms with van der Waals surface area (Å²) in [6.07, 6.45) is 3.89. The Hall–Kier alpha value is -0.930. The maximum absolute atomic E-state index is 10.6. The monoisotopic (exact) mass is 249 g/mol. The van der Waals surface area contributed by atoms with Crippen LogP contribution >= 0.6 is 0 Å². The molecule has 1 aromatic rings. The molecule has 0 spiro atoms. The summed E-state index contributed by atoms with van der Waals surface area (Å²) in [6.45, 7) is 10.3.